The Kier molecular flexibility index (Phi) is 17.0. The number of hydrogen-bond donors (Lipinski definition) is 0. The maximum atomic E-state index is 6.97. The Morgan fingerprint density at radius 2 is 0.386 bits per heavy atom. The van der Waals surface area contributed by atoms with Gasteiger partial charge in [0.25, 0.3) is 0 Å². The SMILES string of the molecule is [Cl][Ni]([Cl])[PH](C1CCCCC1)(C1CCCCC1)C1CCCCC1.[Cl][Ni]([Cl])[PH](C1CCCCC1)(C1CCCCC1)C1CCCCC1. The van der Waals surface area contributed by atoms with Crippen molar-refractivity contribution in [2.45, 2.75) is 227 Å². The van der Waals surface area contributed by atoms with E-state index in [9.17, 15) is 0 Å². The van der Waals surface area contributed by atoms with Gasteiger partial charge in [0.05, 0.1) is 0 Å². The van der Waals surface area contributed by atoms with Gasteiger partial charge in [0, 0.05) is 0 Å². The molecular formula is C36H68Cl4Ni2P2. The average Bonchev–Trinajstić information content (AvgIpc) is 3.08. The van der Waals surface area contributed by atoms with Crippen LogP contribution in [0, 0.1) is 0 Å². The zero-order valence-electron chi connectivity index (χ0n) is 27.8. The summed E-state index contributed by atoms with van der Waals surface area (Å²) in [4.78, 5) is 0. The van der Waals surface area contributed by atoms with Crippen LogP contribution in [0.5, 0.6) is 0 Å². The summed E-state index contributed by atoms with van der Waals surface area (Å²) in [5, 5.41) is 0. The van der Waals surface area contributed by atoms with E-state index < -0.39 is 34.5 Å². The second-order valence-corrected chi connectivity index (χ2v) is 40.9. The number of halogens is 4. The predicted octanol–water partition coefficient (Wildman–Crippen LogP) is 15.2. The summed E-state index contributed by atoms with van der Waals surface area (Å²) in [6.07, 6.45) is 43.7. The van der Waals surface area contributed by atoms with Gasteiger partial charge in [-0.25, -0.2) is 0 Å². The van der Waals surface area contributed by atoms with Crippen molar-refractivity contribution in [1.29, 1.82) is 0 Å². The van der Waals surface area contributed by atoms with E-state index in [1.165, 1.54) is 193 Å². The summed E-state index contributed by atoms with van der Waals surface area (Å²) in [7, 11) is 27.9. The fraction of sp³-hybridized carbons (Fsp3) is 1.00. The van der Waals surface area contributed by atoms with Crippen LogP contribution in [0.25, 0.3) is 0 Å². The molecule has 0 radical (unpaired) electrons. The molecule has 0 aliphatic heterocycles. The molecule has 0 nitrogen and oxygen atoms in total. The molecular weight excluding hydrogens is 754 g/mol. The first-order valence-electron chi connectivity index (χ1n) is 19.4. The molecule has 8 heteroatoms. The summed E-state index contributed by atoms with van der Waals surface area (Å²) in [5.41, 5.74) is 5.74. The molecule has 0 heterocycles. The molecule has 0 bridgehead atoms. The molecule has 0 N–H and O–H groups in total. The fourth-order valence-corrected chi connectivity index (χ4v) is 49.6. The Hall–Kier alpha value is 3.01. The van der Waals surface area contributed by atoms with E-state index in [1.807, 2.05) is 0 Å². The maximum absolute atomic E-state index is 6.97. The zero-order chi connectivity index (χ0) is 30.8. The third-order valence-electron chi connectivity index (χ3n) is 13.6. The molecule has 0 aromatic carbocycles. The molecule has 6 aliphatic rings. The van der Waals surface area contributed by atoms with Crippen LogP contribution in [0.1, 0.15) is 193 Å². The number of rotatable bonds is 8. The Morgan fingerprint density at radius 1 is 0.250 bits per heavy atom. The van der Waals surface area contributed by atoms with Gasteiger partial charge in [-0.15, -0.1) is 0 Å². The van der Waals surface area contributed by atoms with Gasteiger partial charge < -0.3 is 0 Å². The van der Waals surface area contributed by atoms with Crippen molar-refractivity contribution < 1.29 is 22.4 Å². The van der Waals surface area contributed by atoms with Gasteiger partial charge in [-0.2, -0.15) is 0 Å². The van der Waals surface area contributed by atoms with E-state index in [2.05, 4.69) is 0 Å². The molecule has 0 aromatic heterocycles. The first-order chi connectivity index (χ1) is 21.5. The van der Waals surface area contributed by atoms with Crippen LogP contribution in [0.2, 0.25) is 0 Å². The van der Waals surface area contributed by atoms with E-state index in [4.69, 9.17) is 40.8 Å². The van der Waals surface area contributed by atoms with Crippen molar-refractivity contribution in [3.05, 3.63) is 0 Å². The van der Waals surface area contributed by atoms with Crippen LogP contribution in [0.3, 0.4) is 0 Å². The van der Waals surface area contributed by atoms with Gasteiger partial charge in [-0.05, 0) is 0 Å². The topological polar surface area (TPSA) is 0 Å². The van der Waals surface area contributed by atoms with Gasteiger partial charge in [0.15, 0.2) is 0 Å². The minimum atomic E-state index is -1.60. The third-order valence-corrected chi connectivity index (χ3v) is 46.5. The van der Waals surface area contributed by atoms with Crippen LogP contribution in [0.4, 0.5) is 0 Å². The summed E-state index contributed by atoms with van der Waals surface area (Å²) >= 11 is -0.952. The van der Waals surface area contributed by atoms with Crippen molar-refractivity contribution in [2.75, 3.05) is 0 Å². The molecule has 6 rings (SSSR count). The molecule has 0 unspecified atom stereocenters. The summed E-state index contributed by atoms with van der Waals surface area (Å²) < 4.78 is 0. The molecule has 0 atom stereocenters. The molecule has 0 amide bonds. The number of hydrogen-bond acceptors (Lipinski definition) is 0. The summed E-state index contributed by atoms with van der Waals surface area (Å²) in [5.74, 6) is 0. The zero-order valence-corrected chi connectivity index (χ0v) is 34.8. The van der Waals surface area contributed by atoms with E-state index in [0.29, 0.717) is 0 Å². The van der Waals surface area contributed by atoms with Crippen molar-refractivity contribution in [3.63, 3.8) is 0 Å². The van der Waals surface area contributed by atoms with Crippen LogP contribution in [-0.2, 0) is 22.4 Å². The van der Waals surface area contributed by atoms with Crippen LogP contribution in [0.15, 0.2) is 0 Å². The monoisotopic (exact) mass is 818 g/mol. The van der Waals surface area contributed by atoms with Gasteiger partial charge in [0.1, 0.15) is 0 Å². The van der Waals surface area contributed by atoms with Gasteiger partial charge >= 0.3 is 302 Å². The predicted molar refractivity (Wildman–Crippen MR) is 201 cm³/mol. The summed E-state index contributed by atoms with van der Waals surface area (Å²) in [6.45, 7) is 0. The Morgan fingerprint density at radius 3 is 0.500 bits per heavy atom. The molecule has 270 valence electrons. The van der Waals surface area contributed by atoms with Crippen LogP contribution in [-0.4, -0.2) is 34.0 Å². The molecule has 6 saturated carbocycles. The summed E-state index contributed by atoms with van der Waals surface area (Å²) in [6, 6.07) is -3.20. The van der Waals surface area contributed by atoms with Crippen LogP contribution >= 0.6 is 52.8 Å². The second kappa shape index (κ2) is 19.6. The van der Waals surface area contributed by atoms with Crippen molar-refractivity contribution >= 4 is 52.8 Å². The second-order valence-electron chi connectivity index (χ2n) is 15.9. The van der Waals surface area contributed by atoms with Crippen molar-refractivity contribution in [2.24, 2.45) is 0 Å². The molecule has 0 saturated heterocycles. The van der Waals surface area contributed by atoms with E-state index in [-0.39, 0.29) is 0 Å². The van der Waals surface area contributed by atoms with E-state index in [0.717, 1.165) is 34.0 Å². The van der Waals surface area contributed by atoms with E-state index >= 15 is 0 Å². The molecule has 6 aliphatic carbocycles. The molecule has 0 aromatic rings. The normalized spacial score (nSPS) is 28.5. The Labute approximate surface area is 299 Å². The first kappa shape index (κ1) is 38.2. The minimum absolute atomic E-state index is 0.476. The van der Waals surface area contributed by atoms with Gasteiger partial charge in [-0.1, -0.05) is 0 Å². The van der Waals surface area contributed by atoms with Gasteiger partial charge in [0.2, 0.25) is 0 Å². The Balaban J connectivity index is 0.000000175. The quantitative estimate of drug-likeness (QED) is 0.169. The molecule has 6 fully saturated rings. The van der Waals surface area contributed by atoms with E-state index in [1.54, 1.807) is 0 Å². The Bertz CT molecular complexity index is 639. The van der Waals surface area contributed by atoms with Crippen molar-refractivity contribution in [3.8, 4) is 0 Å². The van der Waals surface area contributed by atoms with Crippen LogP contribution < -0.4 is 0 Å². The molecule has 0 spiro atoms. The van der Waals surface area contributed by atoms with Gasteiger partial charge in [-0.3, -0.25) is 0 Å². The first-order valence-corrected chi connectivity index (χ1v) is 31.9. The standard InChI is InChI=1S/2C18H33P.4ClH.2Ni/c2*1-4-10-16(11-5-1)19(17-12-6-2-7-13-17)18-14-8-3-9-15-18;;;;;;/h2*16-18H,1-15H2;4*1H;;/q;;;;;;2*+1/p-2. The van der Waals surface area contributed by atoms with Crippen molar-refractivity contribution in [1.82, 2.24) is 0 Å². The molecule has 44 heavy (non-hydrogen) atoms. The average molecular weight is 822 g/mol. The fourth-order valence-electron chi connectivity index (χ4n) is 11.7. The third kappa shape index (κ3) is 8.89.